The van der Waals surface area contributed by atoms with Crippen LogP contribution in [0.2, 0.25) is 0 Å². The van der Waals surface area contributed by atoms with Gasteiger partial charge in [-0.25, -0.2) is 9.74 Å². The van der Waals surface area contributed by atoms with E-state index in [2.05, 4.69) is 49.4 Å². The van der Waals surface area contributed by atoms with Gasteiger partial charge in [-0.2, -0.15) is 0 Å². The molecule has 12 heteroatoms. The first-order chi connectivity index (χ1) is 32.7. The van der Waals surface area contributed by atoms with Crippen LogP contribution in [0.3, 0.4) is 0 Å². The average molecular weight is 950 g/mol. The van der Waals surface area contributed by atoms with Crippen LogP contribution in [0.5, 0.6) is 0 Å². The highest BCUT2D eigenvalue weighted by molar-refractivity contribution is 5.72. The topological polar surface area (TPSA) is 118 Å². The summed E-state index contributed by atoms with van der Waals surface area (Å²) in [7, 11) is 2.10. The number of likely N-dealkylation sites (N-methyl/N-ethyl adjacent to an activating group) is 1. The number of unbranched alkanes of at least 4 members (excludes halogenated alkanes) is 16. The van der Waals surface area contributed by atoms with Gasteiger partial charge in [-0.15, -0.1) is 0 Å². The van der Waals surface area contributed by atoms with Crippen molar-refractivity contribution in [2.75, 3.05) is 72.7 Å². The minimum Gasteiger partial charge on any atom is -0.466 e. The van der Waals surface area contributed by atoms with Crippen molar-refractivity contribution in [3.63, 3.8) is 0 Å². The molecule has 0 radical (unpaired) electrons. The molecule has 2 saturated heterocycles. The fourth-order valence-electron chi connectivity index (χ4n) is 9.91. The van der Waals surface area contributed by atoms with Crippen LogP contribution in [-0.4, -0.2) is 122 Å². The zero-order chi connectivity index (χ0) is 48.6. The van der Waals surface area contributed by atoms with Gasteiger partial charge in [-0.3, -0.25) is 19.3 Å². The molecule has 0 aliphatic carbocycles. The number of carbonyl (C=O) groups is 3. The Morgan fingerprint density at radius 3 is 1.46 bits per heavy atom. The summed E-state index contributed by atoms with van der Waals surface area (Å²) in [5.41, 5.74) is 0. The highest BCUT2D eigenvalue weighted by atomic mass is 16.8. The third-order valence-electron chi connectivity index (χ3n) is 14.3. The first kappa shape index (κ1) is 60.8. The minimum absolute atomic E-state index is 0.0748. The number of carbonyl (C=O) groups excluding carboxylic acids is 3. The third kappa shape index (κ3) is 32.3. The van der Waals surface area contributed by atoms with Crippen molar-refractivity contribution in [3.05, 3.63) is 4.91 Å². The highest BCUT2D eigenvalue weighted by Gasteiger charge is 2.45. The fourth-order valence-corrected chi connectivity index (χ4v) is 9.91. The first-order valence-electron chi connectivity index (χ1n) is 28.4. The zero-order valence-electron chi connectivity index (χ0n) is 44.3. The van der Waals surface area contributed by atoms with Gasteiger partial charge in [0.05, 0.1) is 31.1 Å². The Bertz CT molecular complexity index is 1210. The fraction of sp³-hybridized carbons (Fsp3) is 0.945. The minimum atomic E-state index is -0.502. The van der Waals surface area contributed by atoms with Gasteiger partial charge in [0.2, 0.25) is 4.92 Å². The van der Waals surface area contributed by atoms with Crippen LogP contribution in [0.4, 0.5) is 0 Å². The Morgan fingerprint density at radius 2 is 0.970 bits per heavy atom. The van der Waals surface area contributed by atoms with Crippen molar-refractivity contribution < 1.29 is 38.4 Å². The molecule has 67 heavy (non-hydrogen) atoms. The molecule has 0 aromatic heterocycles. The van der Waals surface area contributed by atoms with Gasteiger partial charge in [-0.05, 0) is 76.7 Å². The van der Waals surface area contributed by atoms with Crippen molar-refractivity contribution in [3.8, 4) is 0 Å². The average Bonchev–Trinajstić information content (AvgIpc) is 3.72. The summed E-state index contributed by atoms with van der Waals surface area (Å²) in [5, 5.41) is 0. The van der Waals surface area contributed by atoms with Crippen LogP contribution in [-0.2, 0) is 33.4 Å². The number of ether oxygens (including phenoxy) is 3. The van der Waals surface area contributed by atoms with Crippen molar-refractivity contribution in [1.29, 1.82) is 0 Å². The maximum absolute atomic E-state index is 13.4. The maximum atomic E-state index is 13.4. The van der Waals surface area contributed by atoms with Crippen molar-refractivity contribution in [1.82, 2.24) is 14.7 Å². The van der Waals surface area contributed by atoms with E-state index in [1.165, 1.54) is 103 Å². The maximum Gasteiger partial charge on any atom is 0.320 e. The van der Waals surface area contributed by atoms with Crippen molar-refractivity contribution in [2.24, 2.45) is 11.8 Å². The van der Waals surface area contributed by atoms with Gasteiger partial charge in [0.15, 0.2) is 6.61 Å². The summed E-state index contributed by atoms with van der Waals surface area (Å²) >= 11 is 0. The number of likely N-dealkylation sites (tertiary alicyclic amines) is 1. The number of hydrogen-bond donors (Lipinski definition) is 0. The molecule has 2 rings (SSSR count). The van der Waals surface area contributed by atoms with E-state index < -0.39 is 6.17 Å². The largest absolute Gasteiger partial charge is 0.466 e. The van der Waals surface area contributed by atoms with E-state index in [0.29, 0.717) is 45.6 Å². The Balaban J connectivity index is 1.66. The molecule has 0 aromatic carbocycles. The number of rotatable bonds is 45. The Hall–Kier alpha value is -2.31. The van der Waals surface area contributed by atoms with Crippen molar-refractivity contribution in [2.45, 2.75) is 252 Å². The van der Waals surface area contributed by atoms with E-state index in [0.717, 1.165) is 139 Å². The molecule has 0 N–H and O–H groups in total. The molecule has 0 amide bonds. The zero-order valence-corrected chi connectivity index (χ0v) is 44.3. The van der Waals surface area contributed by atoms with Gasteiger partial charge in [-0.1, -0.05) is 163 Å². The molecular weight excluding hydrogens is 845 g/mol. The molecule has 2 heterocycles. The quantitative estimate of drug-likeness (QED) is 0.0251. The van der Waals surface area contributed by atoms with Crippen molar-refractivity contribution >= 4 is 17.9 Å². The van der Waals surface area contributed by atoms with Gasteiger partial charge in [0.25, 0.3) is 0 Å². The molecular formula is C55H105N4O8+. The van der Waals surface area contributed by atoms with Crippen LogP contribution in [0, 0.1) is 16.7 Å². The van der Waals surface area contributed by atoms with Crippen LogP contribution in [0.15, 0.2) is 0 Å². The lowest BCUT2D eigenvalue weighted by molar-refractivity contribution is -0.837. The SMILES string of the molecule is CCCCCC(CCCCC)CCCOC(=O)CCCCCCCO[N+](=O)[C@@H]1C[C@H](OC(=O)CN2CCN(C)CC2)CN1CCCCCCCC(=O)OCCCC(CCCCC)CCCCC. The van der Waals surface area contributed by atoms with Crippen LogP contribution in [0.1, 0.15) is 240 Å². The summed E-state index contributed by atoms with van der Waals surface area (Å²) in [6, 6.07) is 0. The predicted octanol–water partition coefficient (Wildman–Crippen LogP) is 12.8. The monoisotopic (exact) mass is 950 g/mol. The van der Waals surface area contributed by atoms with Gasteiger partial charge in [0, 0.05) is 52.1 Å². The summed E-state index contributed by atoms with van der Waals surface area (Å²) in [5.74, 6) is 1.14. The standard InChI is InChI=1S/C55H105N4O8/c1-6-10-20-30-49(31-21-11-7-2)34-28-43-64-53(60)36-24-16-14-18-26-38-58-47-51(67-55(62)48-57-41-39-56(5)40-42-57)46-52(58)59(63)66-45-27-19-15-17-25-37-54(61)65-44-29-35-50(32-22-12-8-3)33-23-13-9-4/h49-52H,6-48H2,1-5H3/q+1/t51-,52+/m0/s1. The third-order valence-corrected chi connectivity index (χ3v) is 14.3. The smallest absolute Gasteiger partial charge is 0.320 e. The molecule has 2 aliphatic rings. The lowest BCUT2D eigenvalue weighted by atomic mass is 9.91. The van der Waals surface area contributed by atoms with E-state index in [1.54, 1.807) is 0 Å². The van der Waals surface area contributed by atoms with E-state index in [4.69, 9.17) is 19.0 Å². The van der Waals surface area contributed by atoms with E-state index in [-0.39, 0.29) is 30.6 Å². The second-order valence-electron chi connectivity index (χ2n) is 20.5. The van der Waals surface area contributed by atoms with Gasteiger partial charge in [0.1, 0.15) is 6.10 Å². The lowest BCUT2D eigenvalue weighted by Gasteiger charge is -2.31. The lowest BCUT2D eigenvalue weighted by Crippen LogP contribution is -2.46. The molecule has 2 atom stereocenters. The molecule has 2 fully saturated rings. The highest BCUT2D eigenvalue weighted by Crippen LogP contribution is 2.25. The van der Waals surface area contributed by atoms with Gasteiger partial charge >= 0.3 is 24.1 Å². The second kappa shape index (κ2) is 41.5. The van der Waals surface area contributed by atoms with E-state index in [9.17, 15) is 19.3 Å². The molecule has 0 bridgehead atoms. The molecule has 0 spiro atoms. The predicted molar refractivity (Wildman–Crippen MR) is 273 cm³/mol. The normalized spacial score (nSPS) is 17.1. The second-order valence-corrected chi connectivity index (χ2v) is 20.5. The summed E-state index contributed by atoms with van der Waals surface area (Å²) < 4.78 is 17.1. The van der Waals surface area contributed by atoms with E-state index in [1.807, 2.05) is 0 Å². The molecule has 0 saturated carbocycles. The molecule has 2 aliphatic heterocycles. The molecule has 392 valence electrons. The van der Waals surface area contributed by atoms with E-state index >= 15 is 0 Å². The van der Waals surface area contributed by atoms with Gasteiger partial charge < -0.3 is 19.1 Å². The Labute approximate surface area is 411 Å². The molecule has 12 nitrogen and oxygen atoms in total. The summed E-state index contributed by atoms with van der Waals surface area (Å²) in [6.45, 7) is 15.5. The van der Waals surface area contributed by atoms with Crippen LogP contribution >= 0.6 is 0 Å². The van der Waals surface area contributed by atoms with Crippen LogP contribution < -0.4 is 0 Å². The Morgan fingerprint density at radius 1 is 0.522 bits per heavy atom. The molecule has 0 aromatic rings. The van der Waals surface area contributed by atoms with Crippen LogP contribution in [0.25, 0.3) is 0 Å². The number of esters is 3. The number of nitrogens with zero attached hydrogens (tertiary/aromatic N) is 4. The summed E-state index contributed by atoms with van der Waals surface area (Å²) in [6.07, 6.45) is 34.7. The number of piperazine rings is 1. The number of hydrogen-bond acceptors (Lipinski definition) is 11. The first-order valence-corrected chi connectivity index (χ1v) is 28.4. The Kier molecular flexibility index (Phi) is 37.6. The summed E-state index contributed by atoms with van der Waals surface area (Å²) in [4.78, 5) is 64.2. The molecule has 0 unspecified atom stereocenters.